The Hall–Kier alpha value is -2.30. The van der Waals surface area contributed by atoms with E-state index < -0.39 is 0 Å². The molecular formula is C16H19NO4. The molecule has 1 heterocycles. The van der Waals surface area contributed by atoms with E-state index in [-0.39, 0.29) is 18.5 Å². The van der Waals surface area contributed by atoms with Gasteiger partial charge in [-0.25, -0.2) is 4.79 Å². The minimum atomic E-state index is -0.366. The van der Waals surface area contributed by atoms with Gasteiger partial charge in [-0.15, -0.1) is 0 Å². The fourth-order valence-corrected chi connectivity index (χ4v) is 2.17. The minimum absolute atomic E-state index is 0.147. The summed E-state index contributed by atoms with van der Waals surface area (Å²) < 4.78 is 10.2. The number of hydrogen-bond acceptors (Lipinski definition) is 4. The van der Waals surface area contributed by atoms with Crippen molar-refractivity contribution >= 4 is 17.6 Å². The van der Waals surface area contributed by atoms with Crippen molar-refractivity contribution in [1.82, 2.24) is 0 Å². The predicted octanol–water partition coefficient (Wildman–Crippen LogP) is 2.31. The Morgan fingerprint density at radius 3 is 2.90 bits per heavy atom. The second-order valence-corrected chi connectivity index (χ2v) is 4.84. The molecule has 1 aromatic carbocycles. The number of nitrogens with zero attached hydrogens (tertiary/aromatic N) is 1. The third kappa shape index (κ3) is 3.84. The standard InChI is InChI=1S/C16H19NO4/c1-12(16(19)20-2)8-10-21-14-6-3-5-13(11-14)17-9-4-7-15(17)18/h3,5-6,8,11H,4,7,9-10H2,1-2H3. The Kier molecular flexibility index (Phi) is 4.98. The quantitative estimate of drug-likeness (QED) is 0.616. The number of hydrogen-bond donors (Lipinski definition) is 0. The molecule has 0 unspecified atom stereocenters. The molecule has 21 heavy (non-hydrogen) atoms. The molecule has 1 aromatic rings. The lowest BCUT2D eigenvalue weighted by Gasteiger charge is -2.16. The van der Waals surface area contributed by atoms with Crippen molar-refractivity contribution in [3.8, 4) is 5.75 Å². The van der Waals surface area contributed by atoms with E-state index in [1.807, 2.05) is 24.3 Å². The average molecular weight is 289 g/mol. The molecule has 1 saturated heterocycles. The van der Waals surface area contributed by atoms with E-state index in [0.29, 0.717) is 17.7 Å². The van der Waals surface area contributed by atoms with E-state index in [1.54, 1.807) is 17.9 Å². The first-order valence-electron chi connectivity index (χ1n) is 6.90. The summed E-state index contributed by atoms with van der Waals surface area (Å²) in [5, 5.41) is 0. The van der Waals surface area contributed by atoms with Gasteiger partial charge in [0.25, 0.3) is 0 Å². The Morgan fingerprint density at radius 2 is 2.24 bits per heavy atom. The SMILES string of the molecule is COC(=O)C(C)=CCOc1cccc(N2CCCC2=O)c1. The summed E-state index contributed by atoms with van der Waals surface area (Å²) in [5.41, 5.74) is 1.35. The Morgan fingerprint density at radius 1 is 1.43 bits per heavy atom. The van der Waals surface area contributed by atoms with Gasteiger partial charge in [-0.1, -0.05) is 6.07 Å². The molecule has 0 N–H and O–H groups in total. The third-order valence-electron chi connectivity index (χ3n) is 3.35. The summed E-state index contributed by atoms with van der Waals surface area (Å²) in [7, 11) is 1.34. The summed E-state index contributed by atoms with van der Waals surface area (Å²) in [6.07, 6.45) is 3.16. The topological polar surface area (TPSA) is 55.8 Å². The van der Waals surface area contributed by atoms with Gasteiger partial charge in [0.05, 0.1) is 7.11 Å². The molecule has 0 atom stereocenters. The smallest absolute Gasteiger partial charge is 0.333 e. The van der Waals surface area contributed by atoms with Crippen LogP contribution in [0.25, 0.3) is 0 Å². The number of esters is 1. The number of amides is 1. The Balaban J connectivity index is 1.98. The molecular weight excluding hydrogens is 270 g/mol. The highest BCUT2D eigenvalue weighted by Crippen LogP contribution is 2.25. The lowest BCUT2D eigenvalue weighted by molar-refractivity contribution is -0.136. The number of anilines is 1. The van der Waals surface area contributed by atoms with Crippen LogP contribution in [0.2, 0.25) is 0 Å². The van der Waals surface area contributed by atoms with Crippen LogP contribution in [0.3, 0.4) is 0 Å². The summed E-state index contributed by atoms with van der Waals surface area (Å²) in [4.78, 5) is 24.7. The molecule has 5 heteroatoms. The van der Waals surface area contributed by atoms with E-state index >= 15 is 0 Å². The second-order valence-electron chi connectivity index (χ2n) is 4.84. The zero-order valence-electron chi connectivity index (χ0n) is 12.3. The normalized spacial score (nSPS) is 15.2. The maximum Gasteiger partial charge on any atom is 0.333 e. The number of carbonyl (C=O) groups is 2. The first-order valence-corrected chi connectivity index (χ1v) is 6.90. The zero-order valence-corrected chi connectivity index (χ0v) is 12.3. The first kappa shape index (κ1) is 15.1. The van der Waals surface area contributed by atoms with Gasteiger partial charge in [-0.2, -0.15) is 0 Å². The van der Waals surface area contributed by atoms with Gasteiger partial charge in [-0.3, -0.25) is 4.79 Å². The van der Waals surface area contributed by atoms with Crippen molar-refractivity contribution in [1.29, 1.82) is 0 Å². The van der Waals surface area contributed by atoms with Gasteiger partial charge in [0.15, 0.2) is 0 Å². The van der Waals surface area contributed by atoms with Crippen molar-refractivity contribution in [3.05, 3.63) is 35.9 Å². The summed E-state index contributed by atoms with van der Waals surface area (Å²) >= 11 is 0. The van der Waals surface area contributed by atoms with Crippen LogP contribution in [0.4, 0.5) is 5.69 Å². The van der Waals surface area contributed by atoms with Crippen LogP contribution >= 0.6 is 0 Å². The van der Waals surface area contributed by atoms with Crippen LogP contribution < -0.4 is 9.64 Å². The highest BCUT2D eigenvalue weighted by Gasteiger charge is 2.21. The van der Waals surface area contributed by atoms with Crippen LogP contribution in [0, 0.1) is 0 Å². The summed E-state index contributed by atoms with van der Waals surface area (Å²) in [6.45, 7) is 2.70. The summed E-state index contributed by atoms with van der Waals surface area (Å²) in [5.74, 6) is 0.449. The van der Waals surface area contributed by atoms with Gasteiger partial charge in [0.2, 0.25) is 5.91 Å². The largest absolute Gasteiger partial charge is 0.489 e. The molecule has 1 aliphatic heterocycles. The molecule has 1 fully saturated rings. The van der Waals surface area contributed by atoms with Crippen molar-refractivity contribution in [2.45, 2.75) is 19.8 Å². The molecule has 5 nitrogen and oxygen atoms in total. The number of methoxy groups -OCH3 is 1. The maximum atomic E-state index is 11.7. The lowest BCUT2D eigenvalue weighted by atomic mass is 10.2. The molecule has 0 aliphatic carbocycles. The molecule has 1 amide bonds. The molecule has 0 spiro atoms. The highest BCUT2D eigenvalue weighted by atomic mass is 16.5. The van der Waals surface area contributed by atoms with E-state index in [1.165, 1.54) is 7.11 Å². The van der Waals surface area contributed by atoms with Crippen LogP contribution in [0.5, 0.6) is 5.75 Å². The third-order valence-corrected chi connectivity index (χ3v) is 3.35. The monoisotopic (exact) mass is 289 g/mol. The minimum Gasteiger partial charge on any atom is -0.489 e. The number of rotatable bonds is 5. The van der Waals surface area contributed by atoms with Gasteiger partial charge in [0.1, 0.15) is 12.4 Å². The fourth-order valence-electron chi connectivity index (χ4n) is 2.17. The number of ether oxygens (including phenoxy) is 2. The van der Waals surface area contributed by atoms with Crippen molar-refractivity contribution in [2.24, 2.45) is 0 Å². The van der Waals surface area contributed by atoms with Crippen LogP contribution in [-0.4, -0.2) is 32.1 Å². The lowest BCUT2D eigenvalue weighted by Crippen LogP contribution is -2.23. The van der Waals surface area contributed by atoms with Crippen molar-refractivity contribution < 1.29 is 19.1 Å². The summed E-state index contributed by atoms with van der Waals surface area (Å²) in [6, 6.07) is 7.41. The predicted molar refractivity (Wildman–Crippen MR) is 79.3 cm³/mol. The van der Waals surface area contributed by atoms with Crippen molar-refractivity contribution in [3.63, 3.8) is 0 Å². The molecule has 0 saturated carbocycles. The van der Waals surface area contributed by atoms with E-state index in [9.17, 15) is 9.59 Å². The average Bonchev–Trinajstić information content (AvgIpc) is 2.92. The molecule has 2 rings (SSSR count). The maximum absolute atomic E-state index is 11.7. The van der Waals surface area contributed by atoms with Crippen molar-refractivity contribution in [2.75, 3.05) is 25.2 Å². The fraction of sp³-hybridized carbons (Fsp3) is 0.375. The Bertz CT molecular complexity index is 565. The van der Waals surface area contributed by atoms with E-state index in [2.05, 4.69) is 4.74 Å². The molecule has 112 valence electrons. The van der Waals surface area contributed by atoms with Gasteiger partial charge in [0, 0.05) is 30.3 Å². The molecule has 1 aliphatic rings. The van der Waals surface area contributed by atoms with E-state index in [4.69, 9.17) is 4.74 Å². The van der Waals surface area contributed by atoms with Gasteiger partial charge >= 0.3 is 5.97 Å². The van der Waals surface area contributed by atoms with Crippen LogP contribution in [0.1, 0.15) is 19.8 Å². The van der Waals surface area contributed by atoms with E-state index in [0.717, 1.165) is 18.7 Å². The zero-order chi connectivity index (χ0) is 15.2. The van der Waals surface area contributed by atoms with Crippen LogP contribution in [0.15, 0.2) is 35.9 Å². The first-order chi connectivity index (χ1) is 10.1. The van der Waals surface area contributed by atoms with Gasteiger partial charge < -0.3 is 14.4 Å². The van der Waals surface area contributed by atoms with Gasteiger partial charge in [-0.05, 0) is 31.6 Å². The number of carbonyl (C=O) groups excluding carboxylic acids is 2. The molecule has 0 bridgehead atoms. The number of benzene rings is 1. The highest BCUT2D eigenvalue weighted by molar-refractivity contribution is 5.95. The Labute approximate surface area is 124 Å². The molecule has 0 aromatic heterocycles. The second kappa shape index (κ2) is 6.92. The molecule has 0 radical (unpaired) electrons. The van der Waals surface area contributed by atoms with Crippen LogP contribution in [-0.2, 0) is 14.3 Å².